The van der Waals surface area contributed by atoms with Crippen LogP contribution in [0.1, 0.15) is 12.0 Å². The number of rotatable bonds is 5. The summed E-state index contributed by atoms with van der Waals surface area (Å²) in [4.78, 5) is 0. The molecular weight excluding hydrogens is 290 g/mol. The van der Waals surface area contributed by atoms with Crippen LogP contribution in [-0.4, -0.2) is 26.5 Å². The van der Waals surface area contributed by atoms with E-state index in [1.54, 1.807) is 0 Å². The van der Waals surface area contributed by atoms with E-state index in [2.05, 4.69) is 15.9 Å². The zero-order chi connectivity index (χ0) is 12.2. The van der Waals surface area contributed by atoms with E-state index in [0.29, 0.717) is 12.8 Å². The zero-order valence-corrected chi connectivity index (χ0v) is 11.6. The highest BCUT2D eigenvalue weighted by molar-refractivity contribution is 9.10. The van der Waals surface area contributed by atoms with Gasteiger partial charge in [0.15, 0.2) is 0 Å². The summed E-state index contributed by atoms with van der Waals surface area (Å²) in [6.07, 6.45) is 2.46. The Bertz CT molecular complexity index is 428. The van der Waals surface area contributed by atoms with Crippen molar-refractivity contribution >= 4 is 25.8 Å². The standard InChI is InChI=1S/C11H16BrNO2S/c1-16(14,15)7-6-11(13)8-9-2-4-10(12)5-3-9/h2-5,11H,6-8,13H2,1H3. The fraction of sp³-hybridized carbons (Fsp3) is 0.455. The van der Waals surface area contributed by atoms with Crippen molar-refractivity contribution in [2.75, 3.05) is 12.0 Å². The minimum Gasteiger partial charge on any atom is -0.327 e. The molecule has 0 aliphatic rings. The Morgan fingerprint density at radius 1 is 1.31 bits per heavy atom. The Morgan fingerprint density at radius 2 is 1.88 bits per heavy atom. The summed E-state index contributed by atoms with van der Waals surface area (Å²) in [6.45, 7) is 0. The van der Waals surface area contributed by atoms with E-state index in [1.807, 2.05) is 24.3 Å². The maximum Gasteiger partial charge on any atom is 0.147 e. The smallest absolute Gasteiger partial charge is 0.147 e. The lowest BCUT2D eigenvalue weighted by molar-refractivity contribution is 0.586. The maximum absolute atomic E-state index is 11.0. The van der Waals surface area contributed by atoms with Crippen LogP contribution >= 0.6 is 15.9 Å². The monoisotopic (exact) mass is 305 g/mol. The van der Waals surface area contributed by atoms with Crippen LogP contribution in [0.2, 0.25) is 0 Å². The largest absolute Gasteiger partial charge is 0.327 e. The summed E-state index contributed by atoms with van der Waals surface area (Å²) in [6, 6.07) is 7.79. The number of nitrogens with two attached hydrogens (primary N) is 1. The lowest BCUT2D eigenvalue weighted by Gasteiger charge is -2.10. The molecule has 0 radical (unpaired) electrons. The van der Waals surface area contributed by atoms with Crippen molar-refractivity contribution in [2.45, 2.75) is 18.9 Å². The Kier molecular flexibility index (Phi) is 4.95. The van der Waals surface area contributed by atoms with Crippen LogP contribution in [-0.2, 0) is 16.3 Å². The fourth-order valence-corrected chi connectivity index (χ4v) is 2.39. The number of hydrogen-bond acceptors (Lipinski definition) is 3. The minimum absolute atomic E-state index is 0.101. The first kappa shape index (κ1) is 13.7. The predicted octanol–water partition coefficient (Wildman–Crippen LogP) is 1.75. The molecule has 1 unspecified atom stereocenters. The highest BCUT2D eigenvalue weighted by Crippen LogP contribution is 2.12. The van der Waals surface area contributed by atoms with Gasteiger partial charge in [-0.15, -0.1) is 0 Å². The summed E-state index contributed by atoms with van der Waals surface area (Å²) in [5.41, 5.74) is 7.00. The number of halogens is 1. The highest BCUT2D eigenvalue weighted by Gasteiger charge is 2.08. The third-order valence-corrected chi connectivity index (χ3v) is 3.78. The van der Waals surface area contributed by atoms with Gasteiger partial charge in [-0.1, -0.05) is 28.1 Å². The van der Waals surface area contributed by atoms with Gasteiger partial charge in [0.25, 0.3) is 0 Å². The van der Waals surface area contributed by atoms with Crippen molar-refractivity contribution in [3.63, 3.8) is 0 Å². The molecule has 0 saturated heterocycles. The van der Waals surface area contributed by atoms with Gasteiger partial charge in [0.05, 0.1) is 5.75 Å². The minimum atomic E-state index is -2.91. The SMILES string of the molecule is CS(=O)(=O)CCC(N)Cc1ccc(Br)cc1. The number of benzene rings is 1. The summed E-state index contributed by atoms with van der Waals surface area (Å²) in [5.74, 6) is 0.157. The number of sulfone groups is 1. The van der Waals surface area contributed by atoms with Crippen molar-refractivity contribution in [1.82, 2.24) is 0 Å². The first-order valence-electron chi connectivity index (χ1n) is 5.04. The molecule has 0 aliphatic carbocycles. The Morgan fingerprint density at radius 3 is 2.38 bits per heavy atom. The Hall–Kier alpha value is -0.390. The zero-order valence-electron chi connectivity index (χ0n) is 9.19. The van der Waals surface area contributed by atoms with Crippen LogP contribution in [0.25, 0.3) is 0 Å². The molecule has 90 valence electrons. The average Bonchev–Trinajstić information content (AvgIpc) is 2.18. The predicted molar refractivity (Wildman–Crippen MR) is 70.1 cm³/mol. The normalized spacial score (nSPS) is 13.7. The van der Waals surface area contributed by atoms with Crippen LogP contribution in [0.3, 0.4) is 0 Å². The third kappa shape index (κ3) is 5.63. The van der Waals surface area contributed by atoms with E-state index in [9.17, 15) is 8.42 Å². The molecular formula is C11H16BrNO2S. The van der Waals surface area contributed by atoms with E-state index in [0.717, 1.165) is 10.0 Å². The van der Waals surface area contributed by atoms with Crippen LogP contribution in [0, 0.1) is 0 Å². The van der Waals surface area contributed by atoms with Crippen molar-refractivity contribution in [3.8, 4) is 0 Å². The van der Waals surface area contributed by atoms with Crippen LogP contribution in [0.4, 0.5) is 0 Å². The summed E-state index contributed by atoms with van der Waals surface area (Å²) in [5, 5.41) is 0. The molecule has 0 fully saturated rings. The molecule has 0 aromatic heterocycles. The fourth-order valence-electron chi connectivity index (χ4n) is 1.39. The second-order valence-electron chi connectivity index (χ2n) is 4.01. The summed E-state index contributed by atoms with van der Waals surface area (Å²) in [7, 11) is -2.91. The lowest BCUT2D eigenvalue weighted by Crippen LogP contribution is -2.25. The third-order valence-electron chi connectivity index (χ3n) is 2.27. The van der Waals surface area contributed by atoms with Gasteiger partial charge in [-0.2, -0.15) is 0 Å². The molecule has 1 aromatic rings. The number of hydrogen-bond donors (Lipinski definition) is 1. The molecule has 0 bridgehead atoms. The van der Waals surface area contributed by atoms with E-state index < -0.39 is 9.84 Å². The van der Waals surface area contributed by atoms with Gasteiger partial charge in [0.2, 0.25) is 0 Å². The lowest BCUT2D eigenvalue weighted by atomic mass is 10.1. The van der Waals surface area contributed by atoms with Crippen molar-refractivity contribution in [3.05, 3.63) is 34.3 Å². The van der Waals surface area contributed by atoms with E-state index >= 15 is 0 Å². The average molecular weight is 306 g/mol. The maximum atomic E-state index is 11.0. The van der Waals surface area contributed by atoms with Gasteiger partial charge >= 0.3 is 0 Å². The van der Waals surface area contributed by atoms with E-state index in [-0.39, 0.29) is 11.8 Å². The van der Waals surface area contributed by atoms with Gasteiger partial charge in [-0.3, -0.25) is 0 Å². The summed E-state index contributed by atoms with van der Waals surface area (Å²) < 4.78 is 23.0. The molecule has 0 amide bonds. The van der Waals surface area contributed by atoms with Gasteiger partial charge in [0, 0.05) is 16.8 Å². The molecule has 0 saturated carbocycles. The van der Waals surface area contributed by atoms with Crippen LogP contribution in [0.15, 0.2) is 28.7 Å². The molecule has 0 heterocycles. The van der Waals surface area contributed by atoms with Crippen molar-refractivity contribution in [2.24, 2.45) is 5.73 Å². The quantitative estimate of drug-likeness (QED) is 0.901. The van der Waals surface area contributed by atoms with Gasteiger partial charge in [0.1, 0.15) is 9.84 Å². The topological polar surface area (TPSA) is 60.2 Å². The molecule has 5 heteroatoms. The van der Waals surface area contributed by atoms with Gasteiger partial charge in [-0.05, 0) is 30.5 Å². The van der Waals surface area contributed by atoms with Gasteiger partial charge < -0.3 is 5.73 Å². The Balaban J connectivity index is 2.45. The second-order valence-corrected chi connectivity index (χ2v) is 7.18. The second kappa shape index (κ2) is 5.80. The molecule has 1 atom stereocenters. The molecule has 0 aliphatic heterocycles. The Labute approximate surface area is 105 Å². The van der Waals surface area contributed by atoms with Crippen molar-refractivity contribution < 1.29 is 8.42 Å². The molecule has 0 spiro atoms. The van der Waals surface area contributed by atoms with Gasteiger partial charge in [-0.25, -0.2) is 8.42 Å². The molecule has 2 N–H and O–H groups in total. The van der Waals surface area contributed by atoms with Crippen LogP contribution < -0.4 is 5.73 Å². The molecule has 3 nitrogen and oxygen atoms in total. The first-order valence-corrected chi connectivity index (χ1v) is 7.90. The first-order chi connectivity index (χ1) is 7.37. The van der Waals surface area contributed by atoms with E-state index in [4.69, 9.17) is 5.73 Å². The molecule has 1 aromatic carbocycles. The summed E-state index contributed by atoms with van der Waals surface area (Å²) >= 11 is 3.36. The highest BCUT2D eigenvalue weighted by atomic mass is 79.9. The van der Waals surface area contributed by atoms with Crippen molar-refractivity contribution in [1.29, 1.82) is 0 Å². The van der Waals surface area contributed by atoms with E-state index in [1.165, 1.54) is 6.26 Å². The molecule has 1 rings (SSSR count). The van der Waals surface area contributed by atoms with Crippen LogP contribution in [0.5, 0.6) is 0 Å². The molecule has 16 heavy (non-hydrogen) atoms.